The molecule has 0 fully saturated rings. The van der Waals surface area contributed by atoms with Crippen molar-refractivity contribution in [2.24, 2.45) is 0 Å². The van der Waals surface area contributed by atoms with Gasteiger partial charge in [-0.05, 0) is 124 Å². The van der Waals surface area contributed by atoms with E-state index < -0.39 is 0 Å². The van der Waals surface area contributed by atoms with Gasteiger partial charge < -0.3 is 0 Å². The van der Waals surface area contributed by atoms with E-state index in [2.05, 4.69) is 170 Å². The van der Waals surface area contributed by atoms with E-state index in [1.54, 1.807) is 0 Å². The summed E-state index contributed by atoms with van der Waals surface area (Å²) in [5, 5.41) is 16.7. The fourth-order valence-electron chi connectivity index (χ4n) is 7.38. The third-order valence-corrected chi connectivity index (χ3v) is 9.90. The summed E-state index contributed by atoms with van der Waals surface area (Å²) < 4.78 is 0. The normalized spacial score (nSPS) is 11.2. The summed E-state index contributed by atoms with van der Waals surface area (Å²) in [6.45, 7) is 0. The highest BCUT2D eigenvalue weighted by Gasteiger charge is 2.14. The van der Waals surface area contributed by atoms with Crippen molar-refractivity contribution in [2.45, 2.75) is 0 Å². The van der Waals surface area contributed by atoms with Crippen LogP contribution in [0.25, 0.3) is 88.0 Å². The van der Waals surface area contributed by atoms with Crippen molar-refractivity contribution in [1.29, 1.82) is 5.26 Å². The molecule has 0 atom stereocenters. The smallest absolute Gasteiger partial charge is 0.0991 e. The lowest BCUT2D eigenvalue weighted by atomic mass is 9.88. The predicted molar refractivity (Wildman–Crippen MR) is 211 cm³/mol. The maximum Gasteiger partial charge on any atom is 0.0991 e. The van der Waals surface area contributed by atoms with Gasteiger partial charge in [-0.15, -0.1) is 0 Å². The molecule has 1 nitrogen and oxygen atoms in total. The van der Waals surface area contributed by atoms with Crippen LogP contribution in [0.5, 0.6) is 0 Å². The second-order valence-electron chi connectivity index (χ2n) is 12.8. The van der Waals surface area contributed by atoms with Crippen LogP contribution in [0.15, 0.2) is 188 Å². The van der Waals surface area contributed by atoms with Gasteiger partial charge in [-0.25, -0.2) is 0 Å². The number of nitrogens with zero attached hydrogens (tertiary/aromatic N) is 1. The molecule has 0 saturated heterocycles. The highest BCUT2D eigenvalue weighted by atomic mass is 14.2. The van der Waals surface area contributed by atoms with Crippen LogP contribution in [0.4, 0.5) is 0 Å². The molecule has 9 aromatic rings. The molecule has 0 aliphatic carbocycles. The van der Waals surface area contributed by atoms with E-state index in [1.165, 1.54) is 76.8 Å². The highest BCUT2D eigenvalue weighted by Crippen LogP contribution is 2.41. The summed E-state index contributed by atoms with van der Waals surface area (Å²) in [5.74, 6) is 0. The molecule has 0 bridgehead atoms. The van der Waals surface area contributed by atoms with Crippen molar-refractivity contribution in [3.05, 3.63) is 194 Å². The first kappa shape index (κ1) is 29.4. The monoisotopic (exact) mass is 633 g/mol. The molecular weight excluding hydrogens is 603 g/mol. The first-order valence-corrected chi connectivity index (χ1v) is 17.0. The maximum atomic E-state index is 9.27. The fraction of sp³-hybridized carbons (Fsp3) is 0. The van der Waals surface area contributed by atoms with E-state index in [-0.39, 0.29) is 0 Å². The maximum absolute atomic E-state index is 9.27. The Balaban J connectivity index is 1.17. The standard InChI is InChI=1S/C49H31N/c50-32-33-18-20-35(21-19-33)39-23-26-45-46-27-24-40(31-49(46)44-17-8-7-16-43(44)48(45)30-39)37-14-9-15-41(28-37)42-25-22-38(34-10-3-1-4-11-34)29-47(42)36-12-5-2-6-13-36/h1-31H. The minimum absolute atomic E-state index is 0.671. The lowest BCUT2D eigenvalue weighted by Gasteiger charge is -2.15. The van der Waals surface area contributed by atoms with Crippen molar-refractivity contribution in [3.63, 3.8) is 0 Å². The first-order valence-electron chi connectivity index (χ1n) is 17.0. The van der Waals surface area contributed by atoms with E-state index in [4.69, 9.17) is 0 Å². The molecule has 0 amide bonds. The second kappa shape index (κ2) is 12.4. The van der Waals surface area contributed by atoms with E-state index in [0.29, 0.717) is 5.56 Å². The van der Waals surface area contributed by atoms with E-state index >= 15 is 0 Å². The van der Waals surface area contributed by atoms with Crippen LogP contribution < -0.4 is 0 Å². The third kappa shape index (κ3) is 5.21. The van der Waals surface area contributed by atoms with Gasteiger partial charge in [0, 0.05) is 0 Å². The van der Waals surface area contributed by atoms with Crippen molar-refractivity contribution >= 4 is 32.3 Å². The molecule has 232 valence electrons. The van der Waals surface area contributed by atoms with Gasteiger partial charge in [-0.1, -0.05) is 152 Å². The van der Waals surface area contributed by atoms with E-state index in [0.717, 1.165) is 11.1 Å². The SMILES string of the molecule is N#Cc1ccc(-c2ccc3c4ccc(-c5cccc(-c6ccc(-c7ccccc7)cc6-c6ccccc6)c5)cc4c4ccccc4c3c2)cc1. The van der Waals surface area contributed by atoms with Gasteiger partial charge in [-0.3, -0.25) is 0 Å². The summed E-state index contributed by atoms with van der Waals surface area (Å²) in [7, 11) is 0. The molecule has 0 heterocycles. The van der Waals surface area contributed by atoms with Crippen molar-refractivity contribution < 1.29 is 0 Å². The Bertz CT molecular complexity index is 2710. The highest BCUT2D eigenvalue weighted by molar-refractivity contribution is 6.26. The molecular formula is C49H31N. The largest absolute Gasteiger partial charge is 0.192 e. The molecule has 0 radical (unpaired) electrons. The molecule has 0 aliphatic heterocycles. The zero-order valence-corrected chi connectivity index (χ0v) is 27.3. The molecule has 0 saturated carbocycles. The molecule has 9 aromatic carbocycles. The molecule has 0 aliphatic rings. The fourth-order valence-corrected chi connectivity index (χ4v) is 7.38. The van der Waals surface area contributed by atoms with Gasteiger partial charge in [0.05, 0.1) is 11.6 Å². The van der Waals surface area contributed by atoms with Crippen LogP contribution in [0, 0.1) is 11.3 Å². The lowest BCUT2D eigenvalue weighted by Crippen LogP contribution is -1.89. The average molecular weight is 634 g/mol. The Kier molecular flexibility index (Phi) is 7.27. The Morgan fingerprint density at radius 3 is 1.34 bits per heavy atom. The van der Waals surface area contributed by atoms with Crippen molar-refractivity contribution in [3.8, 4) is 61.7 Å². The molecule has 0 unspecified atom stereocenters. The van der Waals surface area contributed by atoms with E-state index in [1.807, 2.05) is 24.3 Å². The molecule has 0 spiro atoms. The Hall–Kier alpha value is -6.75. The minimum Gasteiger partial charge on any atom is -0.192 e. The quantitative estimate of drug-likeness (QED) is 0.173. The van der Waals surface area contributed by atoms with E-state index in [9.17, 15) is 5.26 Å². The van der Waals surface area contributed by atoms with Gasteiger partial charge in [0.2, 0.25) is 0 Å². The molecule has 50 heavy (non-hydrogen) atoms. The van der Waals surface area contributed by atoms with Gasteiger partial charge in [0.15, 0.2) is 0 Å². The number of benzene rings is 9. The zero-order valence-electron chi connectivity index (χ0n) is 27.3. The summed E-state index contributed by atoms with van der Waals surface area (Å²) in [6.07, 6.45) is 0. The lowest BCUT2D eigenvalue weighted by molar-refractivity contribution is 1.48. The Labute approximate surface area is 292 Å². The van der Waals surface area contributed by atoms with Gasteiger partial charge in [0.25, 0.3) is 0 Å². The first-order chi connectivity index (χ1) is 24.7. The van der Waals surface area contributed by atoms with Gasteiger partial charge in [-0.2, -0.15) is 5.26 Å². The number of fused-ring (bicyclic) bond motifs is 6. The van der Waals surface area contributed by atoms with Gasteiger partial charge >= 0.3 is 0 Å². The molecule has 0 N–H and O–H groups in total. The van der Waals surface area contributed by atoms with Crippen molar-refractivity contribution in [1.82, 2.24) is 0 Å². The third-order valence-electron chi connectivity index (χ3n) is 9.90. The van der Waals surface area contributed by atoms with Crippen molar-refractivity contribution in [2.75, 3.05) is 0 Å². The number of nitriles is 1. The molecule has 9 rings (SSSR count). The topological polar surface area (TPSA) is 23.8 Å². The van der Waals surface area contributed by atoms with Crippen LogP contribution >= 0.6 is 0 Å². The van der Waals surface area contributed by atoms with Crippen LogP contribution in [-0.2, 0) is 0 Å². The average Bonchev–Trinajstić information content (AvgIpc) is 3.21. The van der Waals surface area contributed by atoms with Crippen LogP contribution in [0.2, 0.25) is 0 Å². The number of hydrogen-bond donors (Lipinski definition) is 0. The summed E-state index contributed by atoms with van der Waals surface area (Å²) in [4.78, 5) is 0. The second-order valence-corrected chi connectivity index (χ2v) is 12.8. The van der Waals surface area contributed by atoms with Crippen LogP contribution in [-0.4, -0.2) is 0 Å². The molecule has 0 aromatic heterocycles. The van der Waals surface area contributed by atoms with Crippen LogP contribution in [0.3, 0.4) is 0 Å². The summed E-state index contributed by atoms with van der Waals surface area (Å²) >= 11 is 0. The zero-order chi connectivity index (χ0) is 33.4. The minimum atomic E-state index is 0.671. The Morgan fingerprint density at radius 2 is 0.700 bits per heavy atom. The predicted octanol–water partition coefficient (Wildman–Crippen LogP) is 13.4. The molecule has 1 heteroatoms. The summed E-state index contributed by atoms with van der Waals surface area (Å²) in [5.41, 5.74) is 12.6. The Morgan fingerprint density at radius 1 is 0.260 bits per heavy atom. The number of hydrogen-bond acceptors (Lipinski definition) is 1. The van der Waals surface area contributed by atoms with Crippen LogP contribution in [0.1, 0.15) is 5.56 Å². The van der Waals surface area contributed by atoms with Gasteiger partial charge in [0.1, 0.15) is 0 Å². The number of rotatable bonds is 5. The summed E-state index contributed by atoms with van der Waals surface area (Å²) in [6, 6.07) is 69.5.